The number of hydrogen-bond donors (Lipinski definition) is 1. The van der Waals surface area contributed by atoms with Crippen LogP contribution in [-0.2, 0) is 4.79 Å². The summed E-state index contributed by atoms with van der Waals surface area (Å²) in [5.74, 6) is -0.236. The fourth-order valence-electron chi connectivity index (χ4n) is 2.90. The van der Waals surface area contributed by atoms with Crippen LogP contribution >= 0.6 is 0 Å². The minimum atomic E-state index is -0.251. The van der Waals surface area contributed by atoms with Gasteiger partial charge in [0.2, 0.25) is 0 Å². The van der Waals surface area contributed by atoms with Gasteiger partial charge in [-0.25, -0.2) is 0 Å². The van der Waals surface area contributed by atoms with E-state index in [0.29, 0.717) is 5.65 Å². The molecule has 0 radical (unpaired) electrons. The van der Waals surface area contributed by atoms with Gasteiger partial charge in [0.1, 0.15) is 0 Å². The first-order chi connectivity index (χ1) is 13.3. The van der Waals surface area contributed by atoms with Gasteiger partial charge in [0, 0.05) is 6.20 Å². The minimum absolute atomic E-state index is 0.147. The van der Waals surface area contributed by atoms with E-state index in [1.807, 2.05) is 78.9 Å². The van der Waals surface area contributed by atoms with E-state index < -0.39 is 0 Å². The number of carbonyl (C=O) groups excluding carboxylic acids is 1. The molecule has 0 aliphatic carbocycles. The van der Waals surface area contributed by atoms with Crippen LogP contribution in [0, 0.1) is 0 Å². The summed E-state index contributed by atoms with van der Waals surface area (Å²) in [5, 5.41) is 11.0. The molecule has 6 heteroatoms. The second kappa shape index (κ2) is 7.70. The first-order valence-corrected chi connectivity index (χ1v) is 8.63. The highest BCUT2D eigenvalue weighted by atomic mass is 16.5. The third kappa shape index (κ3) is 3.79. The lowest BCUT2D eigenvalue weighted by molar-refractivity contribution is -0.123. The fraction of sp³-hybridized carbons (Fsp3) is 0.0952. The normalized spacial score (nSPS) is 10.9. The Kier molecular flexibility index (Phi) is 4.78. The minimum Gasteiger partial charge on any atom is -0.453 e. The number of nitrogens with one attached hydrogen (secondary N) is 1. The summed E-state index contributed by atoms with van der Waals surface area (Å²) >= 11 is 0. The number of nitrogens with zero attached hydrogens (tertiary/aromatic N) is 3. The lowest BCUT2D eigenvalue weighted by atomic mass is 9.99. The van der Waals surface area contributed by atoms with Gasteiger partial charge < -0.3 is 10.1 Å². The van der Waals surface area contributed by atoms with Crippen LogP contribution in [0.25, 0.3) is 5.65 Å². The van der Waals surface area contributed by atoms with Gasteiger partial charge in [0.15, 0.2) is 12.3 Å². The highest BCUT2D eigenvalue weighted by Gasteiger charge is 2.17. The van der Waals surface area contributed by atoms with E-state index in [9.17, 15) is 4.79 Å². The number of amides is 1. The Morgan fingerprint density at radius 2 is 1.52 bits per heavy atom. The molecular weight excluding hydrogens is 340 g/mol. The number of aromatic nitrogens is 3. The van der Waals surface area contributed by atoms with Gasteiger partial charge in [-0.2, -0.15) is 0 Å². The molecule has 1 amide bonds. The number of fused-ring (bicyclic) bond motifs is 1. The molecule has 2 heterocycles. The maximum atomic E-state index is 12.5. The standard InChI is InChI=1S/C21H18N4O2/c26-19(15-27-21-24-23-18-13-7-8-14-25(18)21)22-20(16-9-3-1-4-10-16)17-11-5-2-6-12-17/h1-14,20H,15H2,(H,22,26). The van der Waals surface area contributed by atoms with Crippen molar-refractivity contribution in [1.82, 2.24) is 19.9 Å². The van der Waals surface area contributed by atoms with Gasteiger partial charge in [-0.15, -0.1) is 5.10 Å². The summed E-state index contributed by atoms with van der Waals surface area (Å²) in [6.07, 6.45) is 1.79. The molecule has 0 unspecified atom stereocenters. The smallest absolute Gasteiger partial charge is 0.322 e. The average molecular weight is 358 g/mol. The molecule has 0 saturated heterocycles. The summed E-state index contributed by atoms with van der Waals surface area (Å²) in [5.41, 5.74) is 2.68. The second-order valence-corrected chi connectivity index (χ2v) is 6.02. The zero-order valence-electron chi connectivity index (χ0n) is 14.5. The number of pyridine rings is 1. The van der Waals surface area contributed by atoms with Gasteiger partial charge in [-0.1, -0.05) is 71.8 Å². The van der Waals surface area contributed by atoms with Crippen LogP contribution in [0.3, 0.4) is 0 Å². The lowest BCUT2D eigenvalue weighted by Gasteiger charge is -2.19. The summed E-state index contributed by atoms with van der Waals surface area (Å²) in [4.78, 5) is 12.5. The third-order valence-corrected chi connectivity index (χ3v) is 4.19. The number of ether oxygens (including phenoxy) is 1. The van der Waals surface area contributed by atoms with Gasteiger partial charge >= 0.3 is 6.01 Å². The van der Waals surface area contributed by atoms with Crippen molar-refractivity contribution in [2.24, 2.45) is 0 Å². The number of benzene rings is 2. The molecule has 2 aromatic carbocycles. The Bertz CT molecular complexity index is 992. The van der Waals surface area contributed by atoms with E-state index in [2.05, 4.69) is 15.5 Å². The predicted octanol–water partition coefficient (Wildman–Crippen LogP) is 3.01. The topological polar surface area (TPSA) is 68.5 Å². The highest BCUT2D eigenvalue weighted by Crippen LogP contribution is 2.21. The maximum absolute atomic E-state index is 12.5. The molecule has 0 saturated carbocycles. The van der Waals surface area contributed by atoms with Gasteiger partial charge in [0.25, 0.3) is 5.91 Å². The van der Waals surface area contributed by atoms with Gasteiger partial charge in [0.05, 0.1) is 6.04 Å². The molecule has 0 atom stereocenters. The SMILES string of the molecule is O=C(COc1nnc2ccccn12)NC(c1ccccc1)c1ccccc1. The Morgan fingerprint density at radius 1 is 0.889 bits per heavy atom. The second-order valence-electron chi connectivity index (χ2n) is 6.02. The quantitative estimate of drug-likeness (QED) is 0.575. The van der Waals surface area contributed by atoms with Crippen molar-refractivity contribution in [2.45, 2.75) is 6.04 Å². The molecule has 27 heavy (non-hydrogen) atoms. The summed E-state index contributed by atoms with van der Waals surface area (Å²) in [6, 6.07) is 25.3. The molecule has 2 aromatic heterocycles. The Morgan fingerprint density at radius 3 is 2.19 bits per heavy atom. The third-order valence-electron chi connectivity index (χ3n) is 4.19. The summed E-state index contributed by atoms with van der Waals surface area (Å²) in [7, 11) is 0. The zero-order chi connectivity index (χ0) is 18.5. The van der Waals surface area contributed by atoms with Crippen molar-refractivity contribution in [3.8, 4) is 6.01 Å². The van der Waals surface area contributed by atoms with E-state index in [1.165, 1.54) is 0 Å². The van der Waals surface area contributed by atoms with Crippen molar-refractivity contribution in [2.75, 3.05) is 6.61 Å². The van der Waals surface area contributed by atoms with Crippen LogP contribution in [0.4, 0.5) is 0 Å². The Hall–Kier alpha value is -3.67. The van der Waals surface area contributed by atoms with Crippen LogP contribution in [0.1, 0.15) is 17.2 Å². The molecule has 0 bridgehead atoms. The van der Waals surface area contributed by atoms with E-state index in [-0.39, 0.29) is 24.6 Å². The maximum Gasteiger partial charge on any atom is 0.322 e. The first kappa shape index (κ1) is 16.8. The Balaban J connectivity index is 1.49. The average Bonchev–Trinajstić information content (AvgIpc) is 3.15. The van der Waals surface area contributed by atoms with Crippen LogP contribution < -0.4 is 10.1 Å². The summed E-state index contributed by atoms with van der Waals surface area (Å²) < 4.78 is 7.26. The Labute approximate surface area is 156 Å². The largest absolute Gasteiger partial charge is 0.453 e. The van der Waals surface area contributed by atoms with Crippen molar-refractivity contribution in [3.63, 3.8) is 0 Å². The lowest BCUT2D eigenvalue weighted by Crippen LogP contribution is -2.33. The van der Waals surface area contributed by atoms with Crippen LogP contribution in [-0.4, -0.2) is 27.1 Å². The van der Waals surface area contributed by atoms with Crippen molar-refractivity contribution < 1.29 is 9.53 Å². The monoisotopic (exact) mass is 358 g/mol. The molecule has 4 aromatic rings. The molecule has 0 fully saturated rings. The molecule has 0 aliphatic heterocycles. The van der Waals surface area contributed by atoms with Gasteiger partial charge in [-0.3, -0.25) is 9.20 Å². The molecule has 6 nitrogen and oxygen atoms in total. The molecule has 4 rings (SSSR count). The van der Waals surface area contributed by atoms with E-state index in [4.69, 9.17) is 4.74 Å². The van der Waals surface area contributed by atoms with Crippen molar-refractivity contribution >= 4 is 11.6 Å². The van der Waals surface area contributed by atoms with Crippen molar-refractivity contribution in [1.29, 1.82) is 0 Å². The van der Waals surface area contributed by atoms with E-state index in [0.717, 1.165) is 11.1 Å². The molecule has 0 aliphatic rings. The van der Waals surface area contributed by atoms with E-state index in [1.54, 1.807) is 10.6 Å². The molecule has 134 valence electrons. The highest BCUT2D eigenvalue weighted by molar-refractivity contribution is 5.78. The van der Waals surface area contributed by atoms with E-state index >= 15 is 0 Å². The number of hydrogen-bond acceptors (Lipinski definition) is 4. The zero-order valence-corrected chi connectivity index (χ0v) is 14.5. The number of rotatable bonds is 6. The molecular formula is C21H18N4O2. The van der Waals surface area contributed by atoms with Crippen LogP contribution in [0.5, 0.6) is 6.01 Å². The number of carbonyl (C=O) groups is 1. The van der Waals surface area contributed by atoms with Gasteiger partial charge in [-0.05, 0) is 23.3 Å². The predicted molar refractivity (Wildman–Crippen MR) is 101 cm³/mol. The summed E-state index contributed by atoms with van der Waals surface area (Å²) in [6.45, 7) is -0.147. The fourth-order valence-corrected chi connectivity index (χ4v) is 2.90. The molecule has 0 spiro atoms. The molecule has 1 N–H and O–H groups in total. The van der Waals surface area contributed by atoms with Crippen LogP contribution in [0.2, 0.25) is 0 Å². The first-order valence-electron chi connectivity index (χ1n) is 8.63. The van der Waals surface area contributed by atoms with Crippen LogP contribution in [0.15, 0.2) is 85.1 Å². The van der Waals surface area contributed by atoms with Crippen molar-refractivity contribution in [3.05, 3.63) is 96.2 Å².